The Kier molecular flexibility index (Phi) is 4.86. The molecule has 2 rings (SSSR count). The third-order valence-corrected chi connectivity index (χ3v) is 4.16. The third-order valence-electron chi connectivity index (χ3n) is 2.79. The first-order valence-electron chi connectivity index (χ1n) is 5.98. The topological polar surface area (TPSA) is 26.0 Å². The van der Waals surface area contributed by atoms with Gasteiger partial charge in [-0.25, -0.2) is 4.39 Å². The van der Waals surface area contributed by atoms with Crippen molar-refractivity contribution in [2.45, 2.75) is 23.6 Å². The van der Waals surface area contributed by atoms with Crippen molar-refractivity contribution in [1.29, 1.82) is 0 Å². The second kappa shape index (κ2) is 6.42. The minimum absolute atomic E-state index is 0.148. The van der Waals surface area contributed by atoms with Crippen LogP contribution < -0.4 is 5.73 Å². The highest BCUT2D eigenvalue weighted by Crippen LogP contribution is 2.27. The zero-order chi connectivity index (χ0) is 13.8. The fourth-order valence-corrected chi connectivity index (χ4v) is 2.66. The van der Waals surface area contributed by atoms with E-state index in [1.165, 1.54) is 17.8 Å². The van der Waals surface area contributed by atoms with Crippen molar-refractivity contribution < 1.29 is 4.39 Å². The minimum Gasteiger partial charge on any atom is -0.324 e. The predicted molar refractivity (Wildman–Crippen MR) is 80.0 cm³/mol. The molecule has 0 saturated carbocycles. The normalized spacial score (nSPS) is 12.4. The number of hydrogen-bond acceptors (Lipinski definition) is 2. The van der Waals surface area contributed by atoms with Crippen molar-refractivity contribution in [2.24, 2.45) is 5.73 Å². The summed E-state index contributed by atoms with van der Waals surface area (Å²) in [5.41, 5.74) is 7.65. The fraction of sp³-hybridized carbons (Fsp3) is 0.200. The van der Waals surface area contributed by atoms with Crippen LogP contribution in [0.25, 0.3) is 0 Å². The van der Waals surface area contributed by atoms with Crippen molar-refractivity contribution >= 4 is 23.4 Å². The molecule has 0 spiro atoms. The van der Waals surface area contributed by atoms with Crippen molar-refractivity contribution in [3.05, 3.63) is 64.4 Å². The van der Waals surface area contributed by atoms with Crippen LogP contribution in [-0.2, 0) is 5.75 Å². The van der Waals surface area contributed by atoms with Gasteiger partial charge in [-0.1, -0.05) is 29.8 Å². The Morgan fingerprint density at radius 1 is 1.21 bits per heavy atom. The van der Waals surface area contributed by atoms with Crippen molar-refractivity contribution in [3.8, 4) is 0 Å². The summed E-state index contributed by atoms with van der Waals surface area (Å²) in [6.07, 6.45) is 0. The maximum atomic E-state index is 13.9. The van der Waals surface area contributed by atoms with E-state index < -0.39 is 0 Å². The summed E-state index contributed by atoms with van der Waals surface area (Å²) in [5, 5.41) is 0.709. The number of rotatable bonds is 4. The van der Waals surface area contributed by atoms with Crippen molar-refractivity contribution in [2.75, 3.05) is 0 Å². The van der Waals surface area contributed by atoms with Gasteiger partial charge in [-0.2, -0.15) is 0 Å². The molecule has 2 aromatic carbocycles. The molecule has 0 heterocycles. The van der Waals surface area contributed by atoms with Gasteiger partial charge in [0.15, 0.2) is 0 Å². The Hall–Kier alpha value is -1.03. The number of hydrogen-bond donors (Lipinski definition) is 1. The van der Waals surface area contributed by atoms with Crippen LogP contribution in [0.2, 0.25) is 5.02 Å². The molecule has 0 fully saturated rings. The van der Waals surface area contributed by atoms with E-state index in [2.05, 4.69) is 0 Å². The third kappa shape index (κ3) is 3.96. The Morgan fingerprint density at radius 2 is 1.89 bits per heavy atom. The van der Waals surface area contributed by atoms with Crippen LogP contribution in [-0.4, -0.2) is 0 Å². The van der Waals surface area contributed by atoms with E-state index in [0.717, 1.165) is 11.1 Å². The fourth-order valence-electron chi connectivity index (χ4n) is 1.66. The van der Waals surface area contributed by atoms with Crippen LogP contribution in [0.3, 0.4) is 0 Å². The molecular formula is C15H15ClFNS. The van der Waals surface area contributed by atoms with Crippen LogP contribution in [0.1, 0.15) is 24.1 Å². The molecule has 0 amide bonds. The SMILES string of the molecule is C[C@H](N)c1ccc(SCc2ccc(Cl)cc2)c(F)c1. The molecule has 0 aromatic heterocycles. The molecule has 2 N–H and O–H groups in total. The van der Waals surface area contributed by atoms with Crippen LogP contribution in [0.5, 0.6) is 0 Å². The quantitative estimate of drug-likeness (QED) is 0.821. The summed E-state index contributed by atoms with van der Waals surface area (Å²) in [4.78, 5) is 0.638. The van der Waals surface area contributed by atoms with E-state index in [-0.39, 0.29) is 11.9 Å². The molecule has 100 valence electrons. The Labute approximate surface area is 122 Å². The first kappa shape index (κ1) is 14.4. The summed E-state index contributed by atoms with van der Waals surface area (Å²) in [7, 11) is 0. The lowest BCUT2D eigenvalue weighted by molar-refractivity contribution is 0.596. The van der Waals surface area contributed by atoms with E-state index in [1.54, 1.807) is 6.07 Å². The molecule has 0 unspecified atom stereocenters. The standard InChI is InChI=1S/C15H15ClFNS/c1-10(18)12-4-7-15(14(17)8-12)19-9-11-2-5-13(16)6-3-11/h2-8,10H,9,18H2,1H3/t10-/m0/s1. The van der Waals surface area contributed by atoms with Gasteiger partial charge in [0.25, 0.3) is 0 Å². The Balaban J connectivity index is 2.05. The van der Waals surface area contributed by atoms with E-state index >= 15 is 0 Å². The molecule has 0 saturated heterocycles. The average molecular weight is 296 g/mol. The van der Waals surface area contributed by atoms with Crippen LogP contribution in [0, 0.1) is 5.82 Å². The van der Waals surface area contributed by atoms with Crippen molar-refractivity contribution in [1.82, 2.24) is 0 Å². The summed E-state index contributed by atoms with van der Waals surface area (Å²) in [6.45, 7) is 1.84. The molecule has 1 nitrogen and oxygen atoms in total. The van der Waals surface area contributed by atoms with Gasteiger partial charge in [0.2, 0.25) is 0 Å². The largest absolute Gasteiger partial charge is 0.324 e. The van der Waals surface area contributed by atoms with Gasteiger partial charge >= 0.3 is 0 Å². The molecule has 0 bridgehead atoms. The summed E-state index contributed by atoms with van der Waals surface area (Å²) in [5.74, 6) is 0.500. The molecule has 0 aliphatic carbocycles. The first-order valence-corrected chi connectivity index (χ1v) is 7.35. The van der Waals surface area contributed by atoms with Crippen LogP contribution >= 0.6 is 23.4 Å². The molecule has 2 aromatic rings. The maximum Gasteiger partial charge on any atom is 0.137 e. The van der Waals surface area contributed by atoms with E-state index in [4.69, 9.17) is 17.3 Å². The van der Waals surface area contributed by atoms with Gasteiger partial charge in [0, 0.05) is 21.7 Å². The molecule has 0 aliphatic rings. The number of halogens is 2. The highest BCUT2D eigenvalue weighted by atomic mass is 35.5. The zero-order valence-corrected chi connectivity index (χ0v) is 12.1. The smallest absolute Gasteiger partial charge is 0.137 e. The predicted octanol–water partition coefficient (Wildman–Crippen LogP) is 4.79. The lowest BCUT2D eigenvalue weighted by atomic mass is 10.1. The Morgan fingerprint density at radius 3 is 2.47 bits per heavy atom. The lowest BCUT2D eigenvalue weighted by Gasteiger charge is -2.08. The number of benzene rings is 2. The van der Waals surface area contributed by atoms with E-state index in [9.17, 15) is 4.39 Å². The van der Waals surface area contributed by atoms with E-state index in [1.807, 2.05) is 37.3 Å². The highest BCUT2D eigenvalue weighted by Gasteiger charge is 2.07. The van der Waals surface area contributed by atoms with Crippen LogP contribution in [0.4, 0.5) is 4.39 Å². The van der Waals surface area contributed by atoms with Gasteiger partial charge in [-0.3, -0.25) is 0 Å². The summed E-state index contributed by atoms with van der Waals surface area (Å²) < 4.78 is 13.9. The zero-order valence-electron chi connectivity index (χ0n) is 10.6. The maximum absolute atomic E-state index is 13.9. The monoisotopic (exact) mass is 295 g/mol. The van der Waals surface area contributed by atoms with Gasteiger partial charge in [-0.05, 0) is 42.3 Å². The minimum atomic E-state index is -0.214. The molecule has 4 heteroatoms. The van der Waals surface area contributed by atoms with E-state index in [0.29, 0.717) is 15.7 Å². The Bertz CT molecular complexity index is 555. The summed E-state index contributed by atoms with van der Waals surface area (Å²) in [6, 6.07) is 12.6. The van der Waals surface area contributed by atoms with Gasteiger partial charge in [0.1, 0.15) is 5.82 Å². The molecule has 1 atom stereocenters. The second-order valence-electron chi connectivity index (χ2n) is 4.39. The first-order chi connectivity index (χ1) is 9.06. The van der Waals surface area contributed by atoms with Crippen LogP contribution in [0.15, 0.2) is 47.4 Å². The molecule has 19 heavy (non-hydrogen) atoms. The van der Waals surface area contributed by atoms with Gasteiger partial charge < -0.3 is 5.73 Å². The molecule has 0 aliphatic heterocycles. The number of nitrogens with two attached hydrogens (primary N) is 1. The number of thioether (sulfide) groups is 1. The summed E-state index contributed by atoms with van der Waals surface area (Å²) >= 11 is 7.29. The highest BCUT2D eigenvalue weighted by molar-refractivity contribution is 7.98. The second-order valence-corrected chi connectivity index (χ2v) is 5.85. The average Bonchev–Trinajstić information content (AvgIpc) is 2.39. The van der Waals surface area contributed by atoms with Crippen molar-refractivity contribution in [3.63, 3.8) is 0 Å². The lowest BCUT2D eigenvalue weighted by Crippen LogP contribution is -2.05. The van der Waals surface area contributed by atoms with Gasteiger partial charge in [0.05, 0.1) is 0 Å². The molecular weight excluding hydrogens is 281 g/mol. The molecule has 0 radical (unpaired) electrons. The van der Waals surface area contributed by atoms with Gasteiger partial charge in [-0.15, -0.1) is 11.8 Å².